The molecule has 0 heterocycles. The Morgan fingerprint density at radius 3 is 1.56 bits per heavy atom. The Kier molecular flexibility index (Phi) is 28.6. The average Bonchev–Trinajstić information content (AvgIpc) is 2.82. The zero-order valence-corrected chi connectivity index (χ0v) is 27.0. The first-order valence-corrected chi connectivity index (χ1v) is 15.0. The second kappa shape index (κ2) is 26.8. The van der Waals surface area contributed by atoms with Gasteiger partial charge in [0.1, 0.15) is 5.75 Å². The first-order valence-electron chi connectivity index (χ1n) is 13.5. The van der Waals surface area contributed by atoms with Gasteiger partial charge in [0.05, 0.1) is 18.8 Å². The maximum atomic E-state index is 11.3. The summed E-state index contributed by atoms with van der Waals surface area (Å²) in [6.07, 6.45) is 19.7. The van der Waals surface area contributed by atoms with Crippen molar-refractivity contribution in [1.29, 1.82) is 0 Å². The van der Waals surface area contributed by atoms with E-state index in [0.717, 1.165) is 32.1 Å². The monoisotopic (exact) mass is 556 g/mol. The van der Waals surface area contributed by atoms with Gasteiger partial charge in [-0.25, -0.2) is 9.36 Å². The van der Waals surface area contributed by atoms with E-state index in [1.807, 2.05) is 6.92 Å². The van der Waals surface area contributed by atoms with Crippen molar-refractivity contribution < 1.29 is 86.3 Å². The number of hydrogen-bond acceptors (Lipinski definition) is 5. The number of phosphoric ester groups is 1. The number of carbonyl (C=O) groups is 1. The summed E-state index contributed by atoms with van der Waals surface area (Å²) in [5, 5.41) is 9.00. The van der Waals surface area contributed by atoms with Gasteiger partial charge in [0.15, 0.2) is 0 Å². The maximum absolute atomic E-state index is 11.3. The summed E-state index contributed by atoms with van der Waals surface area (Å²) in [4.78, 5) is 28.3. The zero-order chi connectivity index (χ0) is 26.2. The van der Waals surface area contributed by atoms with Gasteiger partial charge in [-0.05, 0) is 37.1 Å². The molecule has 0 aromatic heterocycles. The molecule has 0 amide bonds. The number of phenolic OH excluding ortho intramolecular Hbond substituents is 1. The van der Waals surface area contributed by atoms with E-state index in [-0.39, 0.29) is 71.1 Å². The molecule has 9 heteroatoms. The van der Waals surface area contributed by atoms with E-state index in [2.05, 4.69) is 11.4 Å². The Hall–Kier alpha value is 0.236. The molecule has 0 aliphatic carbocycles. The number of ether oxygens (including phenoxy) is 1. The summed E-state index contributed by atoms with van der Waals surface area (Å²) in [6.45, 7) is 4.91. The molecule has 0 saturated carbocycles. The van der Waals surface area contributed by atoms with Crippen LogP contribution in [0.25, 0.3) is 0 Å². The molecular formula is C27H50KO7P. The molecule has 0 bridgehead atoms. The van der Waals surface area contributed by atoms with Gasteiger partial charge in [-0.15, -0.1) is 0 Å². The van der Waals surface area contributed by atoms with Gasteiger partial charge in [0, 0.05) is 0 Å². The smallest absolute Gasteiger partial charge is 1.00 e. The Morgan fingerprint density at radius 2 is 1.14 bits per heavy atom. The molecule has 1 aromatic carbocycles. The Morgan fingerprint density at radius 1 is 0.722 bits per heavy atom. The standard InChI is InChI=1S/C16H35O4P.C11H14O3.K.H/c1-2-3-4-5-6-7-8-9-10-11-12-13-14-15-16-20-21(17,18)19;1-2-3-8-14-11(13)9-4-6-10(12)7-5-9;;/h2-16H2,1H3,(H2,17,18,19);4-7,12H,2-3,8H2,1H3;;/q;;+1;-1. The number of unbranched alkanes of at least 4 members (excludes halogenated alkanes) is 14. The molecule has 0 spiro atoms. The fourth-order valence-electron chi connectivity index (χ4n) is 3.47. The molecule has 0 aliphatic heterocycles. The van der Waals surface area contributed by atoms with Crippen LogP contribution in [0.5, 0.6) is 5.75 Å². The maximum Gasteiger partial charge on any atom is 1.00 e. The van der Waals surface area contributed by atoms with Crippen LogP contribution < -0.4 is 51.4 Å². The summed E-state index contributed by atoms with van der Waals surface area (Å²) >= 11 is 0. The number of phenols is 1. The molecule has 1 rings (SSSR count). The number of aromatic hydroxyl groups is 1. The number of benzene rings is 1. The van der Waals surface area contributed by atoms with E-state index in [1.54, 1.807) is 12.1 Å². The quantitative estimate of drug-likeness (QED) is 0.0892. The van der Waals surface area contributed by atoms with Gasteiger partial charge in [-0.1, -0.05) is 104 Å². The van der Waals surface area contributed by atoms with Gasteiger partial charge in [0.25, 0.3) is 0 Å². The average molecular weight is 557 g/mol. The Labute approximate surface area is 263 Å². The molecule has 206 valence electrons. The largest absolute Gasteiger partial charge is 1.00 e. The summed E-state index contributed by atoms with van der Waals surface area (Å²) in [5.74, 6) is -0.187. The summed E-state index contributed by atoms with van der Waals surface area (Å²) < 4.78 is 19.8. The fraction of sp³-hybridized carbons (Fsp3) is 0.741. The van der Waals surface area contributed by atoms with Crippen molar-refractivity contribution in [3.05, 3.63) is 29.8 Å². The molecule has 0 saturated heterocycles. The van der Waals surface area contributed by atoms with Gasteiger partial charge in [0.2, 0.25) is 0 Å². The summed E-state index contributed by atoms with van der Waals surface area (Å²) in [6, 6.07) is 6.03. The van der Waals surface area contributed by atoms with E-state index >= 15 is 0 Å². The van der Waals surface area contributed by atoms with E-state index in [0.29, 0.717) is 12.2 Å². The normalized spacial score (nSPS) is 10.8. The van der Waals surface area contributed by atoms with Crippen LogP contribution in [-0.4, -0.2) is 34.1 Å². The number of esters is 1. The fourth-order valence-corrected chi connectivity index (χ4v) is 3.84. The van der Waals surface area contributed by atoms with Gasteiger partial charge in [-0.2, -0.15) is 0 Å². The minimum absolute atomic E-state index is 0. The molecule has 3 N–H and O–H groups in total. The molecule has 0 aliphatic rings. The Balaban J connectivity index is -0.000000632. The van der Waals surface area contributed by atoms with Crippen LogP contribution in [-0.2, 0) is 13.8 Å². The van der Waals surface area contributed by atoms with E-state index in [9.17, 15) is 9.36 Å². The number of carbonyl (C=O) groups excluding carboxylic acids is 1. The third kappa shape index (κ3) is 27.3. The van der Waals surface area contributed by atoms with Crippen LogP contribution >= 0.6 is 7.82 Å². The predicted molar refractivity (Wildman–Crippen MR) is 143 cm³/mol. The van der Waals surface area contributed by atoms with Crippen LogP contribution in [0.15, 0.2) is 24.3 Å². The first kappa shape index (κ1) is 38.4. The van der Waals surface area contributed by atoms with Crippen LogP contribution in [0.3, 0.4) is 0 Å². The molecule has 1 aromatic rings. The van der Waals surface area contributed by atoms with Crippen LogP contribution in [0, 0.1) is 0 Å². The third-order valence-corrected chi connectivity index (χ3v) is 6.11. The van der Waals surface area contributed by atoms with E-state index in [1.165, 1.54) is 82.8 Å². The second-order valence-electron chi connectivity index (χ2n) is 8.96. The molecule has 0 radical (unpaired) electrons. The zero-order valence-electron chi connectivity index (χ0n) is 24.0. The molecular weight excluding hydrogens is 506 g/mol. The summed E-state index contributed by atoms with van der Waals surface area (Å²) in [7, 11) is -4.25. The van der Waals surface area contributed by atoms with Crippen molar-refractivity contribution >= 4 is 13.8 Å². The third-order valence-electron chi connectivity index (χ3n) is 5.59. The minimum Gasteiger partial charge on any atom is -1.00 e. The number of rotatable bonds is 20. The van der Waals surface area contributed by atoms with E-state index in [4.69, 9.17) is 19.6 Å². The first-order chi connectivity index (χ1) is 16.8. The van der Waals surface area contributed by atoms with Gasteiger partial charge < -0.3 is 21.1 Å². The van der Waals surface area contributed by atoms with Crippen molar-refractivity contribution in [1.82, 2.24) is 0 Å². The molecule has 36 heavy (non-hydrogen) atoms. The van der Waals surface area contributed by atoms with Crippen LogP contribution in [0.2, 0.25) is 0 Å². The van der Waals surface area contributed by atoms with Crippen LogP contribution in [0.4, 0.5) is 0 Å². The molecule has 0 unspecified atom stereocenters. The summed E-state index contributed by atoms with van der Waals surface area (Å²) in [5.41, 5.74) is 0.471. The Bertz CT molecular complexity index is 671. The molecule has 0 atom stereocenters. The van der Waals surface area contributed by atoms with Crippen molar-refractivity contribution in [2.45, 2.75) is 117 Å². The predicted octanol–water partition coefficient (Wildman–Crippen LogP) is 5.04. The SMILES string of the molecule is CCCCCCCCCCCCCCCCOP(=O)(O)O.CCCCOC(=O)c1ccc(O)cc1.[H-].[K+]. The number of hydrogen-bond donors (Lipinski definition) is 3. The van der Waals surface area contributed by atoms with E-state index < -0.39 is 7.82 Å². The van der Waals surface area contributed by atoms with Crippen molar-refractivity contribution in [2.75, 3.05) is 13.2 Å². The molecule has 0 fully saturated rings. The van der Waals surface area contributed by atoms with Gasteiger partial charge >= 0.3 is 65.2 Å². The topological polar surface area (TPSA) is 113 Å². The minimum atomic E-state index is -4.25. The van der Waals surface area contributed by atoms with Crippen LogP contribution in [0.1, 0.15) is 128 Å². The second-order valence-corrected chi connectivity index (χ2v) is 10.2. The molecule has 7 nitrogen and oxygen atoms in total. The number of phosphoric acid groups is 1. The van der Waals surface area contributed by atoms with Crippen molar-refractivity contribution in [3.8, 4) is 5.75 Å². The van der Waals surface area contributed by atoms with Crippen molar-refractivity contribution in [2.24, 2.45) is 0 Å². The van der Waals surface area contributed by atoms with Gasteiger partial charge in [-0.3, -0.25) is 4.52 Å². The van der Waals surface area contributed by atoms with Crippen molar-refractivity contribution in [3.63, 3.8) is 0 Å².